The Labute approximate surface area is 92.0 Å². The van der Waals surface area contributed by atoms with E-state index in [4.69, 9.17) is 4.42 Å². The Bertz CT molecular complexity index is 422. The first-order chi connectivity index (χ1) is 6.20. The lowest BCUT2D eigenvalue weighted by molar-refractivity contribution is -0.602. The minimum Gasteiger partial charge on any atom is -0.616 e. The molecule has 0 saturated carbocycles. The van der Waals surface area contributed by atoms with Crippen molar-refractivity contribution in [2.24, 2.45) is 0 Å². The molecular weight excluding hydrogens is 222 g/mol. The van der Waals surface area contributed by atoms with Gasteiger partial charge >= 0.3 is 5.89 Å². The summed E-state index contributed by atoms with van der Waals surface area (Å²) in [6.45, 7) is 3.55. The van der Waals surface area contributed by atoms with Crippen LogP contribution in [0.15, 0.2) is 21.9 Å². The Balaban J connectivity index is 0.000000980. The second-order valence-electron chi connectivity index (χ2n) is 2.82. The third-order valence-electron chi connectivity index (χ3n) is 1.98. The number of rotatable bonds is 1. The Morgan fingerprint density at radius 1 is 1.43 bits per heavy atom. The predicted octanol–water partition coefficient (Wildman–Crippen LogP) is 2.68. The highest BCUT2D eigenvalue weighted by Gasteiger charge is 2.20. The number of nitrogens with zero attached hydrogens (tertiary/aromatic N) is 1. The van der Waals surface area contributed by atoms with Gasteiger partial charge in [-0.05, 0) is 11.4 Å². The van der Waals surface area contributed by atoms with E-state index in [0.29, 0.717) is 17.3 Å². The van der Waals surface area contributed by atoms with Gasteiger partial charge in [0.2, 0.25) is 5.69 Å². The van der Waals surface area contributed by atoms with Crippen LogP contribution in [0, 0.1) is 19.1 Å². The van der Waals surface area contributed by atoms with Crippen molar-refractivity contribution in [2.45, 2.75) is 13.8 Å². The fraction of sp³-hybridized carbons (Fsp3) is 0.222. The number of aryl methyl sites for hydroxylation is 1. The van der Waals surface area contributed by atoms with Crippen LogP contribution >= 0.6 is 23.7 Å². The molecule has 2 rings (SSSR count). The third-order valence-corrected chi connectivity index (χ3v) is 2.84. The standard InChI is InChI=1S/C9H9NO2S.ClH/c1-6-7(2)12-9(10(6)11)8-4-3-5-13-8;/h3-5H,1-2H3;1H. The van der Waals surface area contributed by atoms with Crippen molar-refractivity contribution in [1.82, 2.24) is 0 Å². The summed E-state index contributed by atoms with van der Waals surface area (Å²) in [7, 11) is 0. The highest BCUT2D eigenvalue weighted by atomic mass is 35.5. The van der Waals surface area contributed by atoms with Gasteiger partial charge in [0.1, 0.15) is 4.88 Å². The van der Waals surface area contributed by atoms with E-state index in [-0.39, 0.29) is 12.4 Å². The second-order valence-corrected chi connectivity index (χ2v) is 3.77. The Morgan fingerprint density at radius 2 is 2.14 bits per heavy atom. The fourth-order valence-corrected chi connectivity index (χ4v) is 1.79. The van der Waals surface area contributed by atoms with Gasteiger partial charge in [0.05, 0.1) is 0 Å². The zero-order chi connectivity index (χ0) is 9.42. The van der Waals surface area contributed by atoms with Crippen LogP contribution in [0.5, 0.6) is 0 Å². The number of thiophene rings is 1. The van der Waals surface area contributed by atoms with Gasteiger partial charge in [-0.3, -0.25) is 0 Å². The van der Waals surface area contributed by atoms with Crippen molar-refractivity contribution in [3.05, 3.63) is 34.2 Å². The largest absolute Gasteiger partial charge is 0.616 e. The highest BCUT2D eigenvalue weighted by Crippen LogP contribution is 2.23. The van der Waals surface area contributed by atoms with Gasteiger partial charge in [-0.2, -0.15) is 0 Å². The molecule has 0 bridgehead atoms. The maximum absolute atomic E-state index is 11.5. The van der Waals surface area contributed by atoms with Crippen molar-refractivity contribution < 1.29 is 9.15 Å². The lowest BCUT2D eigenvalue weighted by Crippen LogP contribution is -2.29. The monoisotopic (exact) mass is 231 g/mol. The molecule has 0 unspecified atom stereocenters. The molecule has 2 aromatic rings. The molecule has 5 heteroatoms. The molecular formula is C9H10ClNO2S. The van der Waals surface area contributed by atoms with Crippen LogP contribution in [0.3, 0.4) is 0 Å². The summed E-state index contributed by atoms with van der Waals surface area (Å²) in [6, 6.07) is 3.77. The number of hydrogen-bond acceptors (Lipinski definition) is 3. The molecule has 0 aromatic carbocycles. The average Bonchev–Trinajstić information content (AvgIpc) is 2.70. The van der Waals surface area contributed by atoms with E-state index in [9.17, 15) is 5.21 Å². The van der Waals surface area contributed by atoms with Crippen LogP contribution in [-0.4, -0.2) is 0 Å². The fourth-order valence-electron chi connectivity index (χ4n) is 1.11. The topological polar surface area (TPSA) is 40.1 Å². The first-order valence-electron chi connectivity index (χ1n) is 3.93. The summed E-state index contributed by atoms with van der Waals surface area (Å²) in [6.07, 6.45) is 0. The van der Waals surface area contributed by atoms with Gasteiger partial charge in [-0.15, -0.1) is 28.5 Å². The van der Waals surface area contributed by atoms with Crippen LogP contribution in [0.2, 0.25) is 0 Å². The van der Waals surface area contributed by atoms with Gasteiger partial charge in [0.25, 0.3) is 0 Å². The molecule has 0 amide bonds. The van der Waals surface area contributed by atoms with Crippen molar-refractivity contribution in [1.29, 1.82) is 0 Å². The molecule has 3 nitrogen and oxygen atoms in total. The SMILES string of the molecule is Cc1oc(-c2cccs2)[n+]([O-])c1C.Cl. The Hall–Kier alpha value is -1.00. The van der Waals surface area contributed by atoms with Gasteiger partial charge < -0.3 is 9.62 Å². The summed E-state index contributed by atoms with van der Waals surface area (Å²) in [5, 5.41) is 13.4. The lowest BCUT2D eigenvalue weighted by atomic mass is 10.4. The molecule has 0 aliphatic carbocycles. The molecule has 0 atom stereocenters. The predicted molar refractivity (Wildman–Crippen MR) is 57.7 cm³/mol. The zero-order valence-electron chi connectivity index (χ0n) is 7.81. The zero-order valence-corrected chi connectivity index (χ0v) is 9.45. The van der Waals surface area contributed by atoms with Crippen molar-refractivity contribution >= 4 is 23.7 Å². The van der Waals surface area contributed by atoms with Crippen LogP contribution in [-0.2, 0) is 0 Å². The molecule has 0 N–H and O–H groups in total. The van der Waals surface area contributed by atoms with E-state index < -0.39 is 0 Å². The minimum atomic E-state index is 0. The summed E-state index contributed by atoms with van der Waals surface area (Å²) in [4.78, 5) is 0.867. The average molecular weight is 232 g/mol. The van der Waals surface area contributed by atoms with Crippen LogP contribution in [0.25, 0.3) is 10.8 Å². The second kappa shape index (κ2) is 4.02. The van der Waals surface area contributed by atoms with E-state index in [0.717, 1.165) is 9.61 Å². The van der Waals surface area contributed by atoms with Crippen molar-refractivity contribution in [3.63, 3.8) is 0 Å². The van der Waals surface area contributed by atoms with E-state index in [1.54, 1.807) is 13.8 Å². The Morgan fingerprint density at radius 3 is 2.57 bits per heavy atom. The van der Waals surface area contributed by atoms with E-state index in [1.165, 1.54) is 11.3 Å². The molecule has 2 aromatic heterocycles. The number of hydrogen-bond donors (Lipinski definition) is 0. The molecule has 76 valence electrons. The summed E-state index contributed by atoms with van der Waals surface area (Å²) in [5.74, 6) is 1.07. The molecule has 0 fully saturated rings. The van der Waals surface area contributed by atoms with Crippen LogP contribution < -0.4 is 4.73 Å². The maximum Gasteiger partial charge on any atom is 0.402 e. The van der Waals surface area contributed by atoms with Gasteiger partial charge in [0.15, 0.2) is 5.76 Å². The number of aromatic nitrogens is 1. The van der Waals surface area contributed by atoms with E-state index >= 15 is 0 Å². The molecule has 0 radical (unpaired) electrons. The first-order valence-corrected chi connectivity index (χ1v) is 4.81. The maximum atomic E-state index is 11.5. The highest BCUT2D eigenvalue weighted by molar-refractivity contribution is 7.13. The molecule has 14 heavy (non-hydrogen) atoms. The van der Waals surface area contributed by atoms with Crippen LogP contribution in [0.4, 0.5) is 0 Å². The first kappa shape index (κ1) is 11.1. The minimum absolute atomic E-state index is 0. The summed E-state index contributed by atoms with van der Waals surface area (Å²) in [5.41, 5.74) is 0.628. The summed E-state index contributed by atoms with van der Waals surface area (Å²) >= 11 is 1.50. The molecule has 0 aliphatic heterocycles. The summed E-state index contributed by atoms with van der Waals surface area (Å²) < 4.78 is 6.18. The molecule has 0 spiro atoms. The van der Waals surface area contributed by atoms with E-state index in [1.807, 2.05) is 17.5 Å². The smallest absolute Gasteiger partial charge is 0.402 e. The number of halogens is 1. The van der Waals surface area contributed by atoms with Gasteiger partial charge in [-0.1, -0.05) is 6.07 Å². The lowest BCUT2D eigenvalue weighted by Gasteiger charge is -1.93. The normalized spacial score (nSPS) is 9.86. The molecule has 0 saturated heterocycles. The number of oxazole rings is 1. The molecule has 0 aliphatic rings. The van der Waals surface area contributed by atoms with Crippen molar-refractivity contribution in [3.8, 4) is 10.8 Å². The van der Waals surface area contributed by atoms with Gasteiger partial charge in [-0.25, -0.2) is 0 Å². The van der Waals surface area contributed by atoms with Crippen molar-refractivity contribution in [2.75, 3.05) is 0 Å². The third kappa shape index (κ3) is 1.63. The Kier molecular flexibility index (Phi) is 3.18. The van der Waals surface area contributed by atoms with E-state index in [2.05, 4.69) is 0 Å². The van der Waals surface area contributed by atoms with Crippen LogP contribution in [0.1, 0.15) is 11.5 Å². The molecule has 2 heterocycles. The van der Waals surface area contributed by atoms with Gasteiger partial charge in [0, 0.05) is 13.8 Å². The quantitative estimate of drug-likeness (QED) is 0.559.